The van der Waals surface area contributed by atoms with Gasteiger partial charge in [-0.3, -0.25) is 14.5 Å². The Hall–Kier alpha value is -1.88. The Kier molecular flexibility index (Phi) is 4.98. The van der Waals surface area contributed by atoms with E-state index in [0.29, 0.717) is 5.91 Å². The molecule has 5 heteroatoms. The Bertz CT molecular complexity index is 676. The van der Waals surface area contributed by atoms with Crippen LogP contribution in [0.15, 0.2) is 24.3 Å². The second kappa shape index (κ2) is 7.39. The van der Waals surface area contributed by atoms with Gasteiger partial charge in [0.25, 0.3) is 0 Å². The van der Waals surface area contributed by atoms with Crippen LogP contribution in [0.3, 0.4) is 0 Å². The second-order valence-electron chi connectivity index (χ2n) is 7.89. The molecule has 1 unspecified atom stereocenters. The van der Waals surface area contributed by atoms with Gasteiger partial charge in [-0.1, -0.05) is 18.2 Å². The number of likely N-dealkylation sites (tertiary alicyclic amines) is 2. The molecule has 1 atom stereocenters. The summed E-state index contributed by atoms with van der Waals surface area (Å²) in [5.74, 6) is 0.688. The Morgan fingerprint density at radius 3 is 2.42 bits per heavy atom. The Labute approximate surface area is 155 Å². The summed E-state index contributed by atoms with van der Waals surface area (Å²) in [7, 11) is 0. The number of fused-ring (bicyclic) bond motifs is 1. The molecule has 4 rings (SSSR count). The van der Waals surface area contributed by atoms with E-state index in [2.05, 4.69) is 11.0 Å². The van der Waals surface area contributed by atoms with E-state index in [4.69, 9.17) is 0 Å². The summed E-state index contributed by atoms with van der Waals surface area (Å²) in [5.41, 5.74) is 2.34. The lowest BCUT2D eigenvalue weighted by molar-refractivity contribution is -0.136. The molecule has 0 aromatic heterocycles. The number of carbonyl (C=O) groups is 2. The maximum Gasteiger partial charge on any atom is 0.244 e. The highest BCUT2D eigenvalue weighted by Crippen LogP contribution is 2.29. The van der Waals surface area contributed by atoms with Gasteiger partial charge in [-0.2, -0.15) is 0 Å². The Balaban J connectivity index is 1.34. The van der Waals surface area contributed by atoms with Crippen LogP contribution in [0.4, 0.5) is 5.69 Å². The monoisotopic (exact) mass is 355 g/mol. The predicted octanol–water partition coefficient (Wildman–Crippen LogP) is 2.30. The predicted molar refractivity (Wildman–Crippen MR) is 102 cm³/mol. The van der Waals surface area contributed by atoms with E-state index in [-0.39, 0.29) is 17.9 Å². The third-order valence-corrected chi connectivity index (χ3v) is 6.35. The first-order chi connectivity index (χ1) is 12.6. The standard InChI is InChI=1S/C21H29N3O2/c1-16(20(25)24-15-10-17-6-2-3-7-19(17)24)22-13-8-18(9-14-22)21(26)23-11-4-5-12-23/h2-3,6-7,16,18H,4-5,8-15H2,1H3. The van der Waals surface area contributed by atoms with Crippen LogP contribution >= 0.6 is 0 Å². The summed E-state index contributed by atoms with van der Waals surface area (Å²) < 4.78 is 0. The zero-order valence-electron chi connectivity index (χ0n) is 15.7. The first-order valence-electron chi connectivity index (χ1n) is 10.1. The normalized spacial score (nSPS) is 22.5. The van der Waals surface area contributed by atoms with Crippen LogP contribution in [0.5, 0.6) is 0 Å². The van der Waals surface area contributed by atoms with Crippen molar-refractivity contribution in [1.29, 1.82) is 0 Å². The Morgan fingerprint density at radius 1 is 1.00 bits per heavy atom. The smallest absolute Gasteiger partial charge is 0.244 e. The second-order valence-corrected chi connectivity index (χ2v) is 7.89. The molecule has 5 nitrogen and oxygen atoms in total. The number of carbonyl (C=O) groups excluding carboxylic acids is 2. The number of hydrogen-bond acceptors (Lipinski definition) is 3. The lowest BCUT2D eigenvalue weighted by Gasteiger charge is -2.37. The maximum absolute atomic E-state index is 13.0. The van der Waals surface area contributed by atoms with Crippen molar-refractivity contribution in [1.82, 2.24) is 9.80 Å². The van der Waals surface area contributed by atoms with Crippen LogP contribution in [-0.2, 0) is 16.0 Å². The highest BCUT2D eigenvalue weighted by atomic mass is 16.2. The highest BCUT2D eigenvalue weighted by molar-refractivity contribution is 5.98. The molecule has 3 aliphatic heterocycles. The first kappa shape index (κ1) is 17.5. The summed E-state index contributed by atoms with van der Waals surface area (Å²) in [6.07, 6.45) is 5.00. The van der Waals surface area contributed by atoms with E-state index in [1.807, 2.05) is 34.9 Å². The highest BCUT2D eigenvalue weighted by Gasteiger charge is 2.35. The average Bonchev–Trinajstić information content (AvgIpc) is 3.36. The van der Waals surface area contributed by atoms with Gasteiger partial charge in [0, 0.05) is 31.2 Å². The quantitative estimate of drug-likeness (QED) is 0.836. The number of para-hydroxylation sites is 1. The van der Waals surface area contributed by atoms with Crippen molar-refractivity contribution in [3.05, 3.63) is 29.8 Å². The van der Waals surface area contributed by atoms with Crippen molar-refractivity contribution in [3.63, 3.8) is 0 Å². The molecule has 2 fully saturated rings. The molecule has 0 aliphatic carbocycles. The number of rotatable bonds is 3. The molecule has 0 spiro atoms. The third kappa shape index (κ3) is 3.25. The van der Waals surface area contributed by atoms with Gasteiger partial charge in [-0.05, 0) is 63.7 Å². The SMILES string of the molecule is CC(C(=O)N1CCc2ccccc21)N1CCC(C(=O)N2CCCC2)CC1. The topological polar surface area (TPSA) is 43.9 Å². The van der Waals surface area contributed by atoms with Crippen molar-refractivity contribution >= 4 is 17.5 Å². The van der Waals surface area contributed by atoms with Crippen molar-refractivity contribution in [2.24, 2.45) is 5.92 Å². The van der Waals surface area contributed by atoms with Gasteiger partial charge in [0.15, 0.2) is 0 Å². The van der Waals surface area contributed by atoms with Crippen LogP contribution in [-0.4, -0.2) is 60.4 Å². The van der Waals surface area contributed by atoms with Crippen molar-refractivity contribution in [2.45, 2.75) is 45.1 Å². The fraction of sp³-hybridized carbons (Fsp3) is 0.619. The minimum Gasteiger partial charge on any atom is -0.342 e. The minimum absolute atomic E-state index is 0.121. The summed E-state index contributed by atoms with van der Waals surface area (Å²) in [4.78, 5) is 31.9. The molecule has 0 saturated carbocycles. The maximum atomic E-state index is 13.0. The van der Waals surface area contributed by atoms with Crippen LogP contribution in [0, 0.1) is 5.92 Å². The fourth-order valence-electron chi connectivity index (χ4n) is 4.68. The van der Waals surface area contributed by atoms with Crippen molar-refractivity contribution < 1.29 is 9.59 Å². The zero-order chi connectivity index (χ0) is 18.1. The molecule has 3 aliphatic rings. The molecule has 140 valence electrons. The molecular formula is C21H29N3O2. The number of nitrogens with zero attached hydrogens (tertiary/aromatic N) is 3. The number of hydrogen-bond donors (Lipinski definition) is 0. The number of anilines is 1. The van der Waals surface area contributed by atoms with Gasteiger partial charge in [-0.25, -0.2) is 0 Å². The molecule has 0 N–H and O–H groups in total. The van der Waals surface area contributed by atoms with Gasteiger partial charge in [0.1, 0.15) is 0 Å². The summed E-state index contributed by atoms with van der Waals surface area (Å²) in [5, 5.41) is 0. The van der Waals surface area contributed by atoms with Crippen LogP contribution in [0.2, 0.25) is 0 Å². The van der Waals surface area contributed by atoms with Crippen LogP contribution in [0.25, 0.3) is 0 Å². The lowest BCUT2D eigenvalue weighted by atomic mass is 9.94. The number of amides is 2. The fourth-order valence-corrected chi connectivity index (χ4v) is 4.68. The summed E-state index contributed by atoms with van der Waals surface area (Å²) >= 11 is 0. The molecular weight excluding hydrogens is 326 g/mol. The number of benzene rings is 1. The molecule has 1 aromatic rings. The van der Waals surface area contributed by atoms with Crippen LogP contribution in [0.1, 0.15) is 38.2 Å². The lowest BCUT2D eigenvalue weighted by Crippen LogP contribution is -2.51. The zero-order valence-corrected chi connectivity index (χ0v) is 15.7. The minimum atomic E-state index is -0.121. The van der Waals surface area contributed by atoms with Gasteiger partial charge in [-0.15, -0.1) is 0 Å². The molecule has 0 radical (unpaired) electrons. The first-order valence-corrected chi connectivity index (χ1v) is 10.1. The van der Waals surface area contributed by atoms with E-state index in [0.717, 1.165) is 70.5 Å². The third-order valence-electron chi connectivity index (χ3n) is 6.35. The van der Waals surface area contributed by atoms with E-state index in [1.165, 1.54) is 5.56 Å². The van der Waals surface area contributed by atoms with E-state index in [9.17, 15) is 9.59 Å². The summed E-state index contributed by atoms with van der Waals surface area (Å²) in [6.45, 7) is 6.35. The number of piperidine rings is 1. The van der Waals surface area contributed by atoms with Gasteiger partial charge >= 0.3 is 0 Å². The molecule has 0 bridgehead atoms. The van der Waals surface area contributed by atoms with Gasteiger partial charge in [0.2, 0.25) is 11.8 Å². The van der Waals surface area contributed by atoms with Gasteiger partial charge in [0.05, 0.1) is 6.04 Å². The van der Waals surface area contributed by atoms with Gasteiger partial charge < -0.3 is 9.80 Å². The van der Waals surface area contributed by atoms with Crippen LogP contribution < -0.4 is 4.90 Å². The molecule has 2 amide bonds. The summed E-state index contributed by atoms with van der Waals surface area (Å²) in [6, 6.07) is 8.09. The largest absolute Gasteiger partial charge is 0.342 e. The Morgan fingerprint density at radius 2 is 1.69 bits per heavy atom. The molecule has 3 heterocycles. The molecule has 1 aromatic carbocycles. The van der Waals surface area contributed by atoms with E-state index < -0.39 is 0 Å². The molecule has 26 heavy (non-hydrogen) atoms. The van der Waals surface area contributed by atoms with E-state index >= 15 is 0 Å². The average molecular weight is 355 g/mol. The van der Waals surface area contributed by atoms with Crippen molar-refractivity contribution in [2.75, 3.05) is 37.6 Å². The van der Waals surface area contributed by atoms with Crippen molar-refractivity contribution in [3.8, 4) is 0 Å². The van der Waals surface area contributed by atoms with E-state index in [1.54, 1.807) is 0 Å². The molecule has 2 saturated heterocycles.